The molecule has 1 aliphatic rings. The first-order valence-corrected chi connectivity index (χ1v) is 7.93. The van der Waals surface area contributed by atoms with Gasteiger partial charge in [0.25, 0.3) is 5.91 Å². The van der Waals surface area contributed by atoms with Crippen molar-refractivity contribution < 1.29 is 14.3 Å². The molecule has 0 bridgehead atoms. The van der Waals surface area contributed by atoms with Crippen molar-refractivity contribution in [2.24, 2.45) is 0 Å². The molecule has 2 aromatic rings. The van der Waals surface area contributed by atoms with Gasteiger partial charge < -0.3 is 14.4 Å². The van der Waals surface area contributed by atoms with Crippen LogP contribution in [0.5, 0.6) is 11.5 Å². The number of nitrogens with zero attached hydrogens (tertiary/aromatic N) is 1. The van der Waals surface area contributed by atoms with Crippen LogP contribution in [0.3, 0.4) is 0 Å². The summed E-state index contributed by atoms with van der Waals surface area (Å²) in [6.45, 7) is 2.67. The lowest BCUT2D eigenvalue weighted by molar-refractivity contribution is -0.125. The molecule has 1 amide bonds. The van der Waals surface area contributed by atoms with E-state index in [4.69, 9.17) is 9.47 Å². The van der Waals surface area contributed by atoms with Gasteiger partial charge in [0.15, 0.2) is 17.6 Å². The zero-order valence-electron chi connectivity index (χ0n) is 13.5. The van der Waals surface area contributed by atoms with Gasteiger partial charge in [-0.1, -0.05) is 37.3 Å². The maximum absolute atomic E-state index is 12.9. The molecule has 1 heterocycles. The van der Waals surface area contributed by atoms with Crippen LogP contribution in [-0.4, -0.2) is 25.7 Å². The second kappa shape index (κ2) is 6.73. The summed E-state index contributed by atoms with van der Waals surface area (Å²) in [6.07, 6.45) is 0.986. The first-order chi connectivity index (χ1) is 11.2. The fourth-order valence-electron chi connectivity index (χ4n) is 2.92. The highest BCUT2D eigenvalue weighted by atomic mass is 16.5. The van der Waals surface area contributed by atoms with Crippen molar-refractivity contribution in [3.8, 4) is 11.5 Å². The maximum Gasteiger partial charge on any atom is 0.268 e. The predicted octanol–water partition coefficient (Wildman–Crippen LogP) is 3.44. The molecule has 1 atom stereocenters. The van der Waals surface area contributed by atoms with E-state index in [1.807, 2.05) is 54.3 Å². The van der Waals surface area contributed by atoms with E-state index < -0.39 is 6.10 Å². The smallest absolute Gasteiger partial charge is 0.268 e. The average Bonchev–Trinajstić information content (AvgIpc) is 3.03. The van der Waals surface area contributed by atoms with Crippen molar-refractivity contribution >= 4 is 11.6 Å². The lowest BCUT2D eigenvalue weighted by Gasteiger charge is -2.24. The Balaban J connectivity index is 1.80. The van der Waals surface area contributed by atoms with Gasteiger partial charge in [-0.25, -0.2) is 0 Å². The van der Waals surface area contributed by atoms with Crippen molar-refractivity contribution in [3.63, 3.8) is 0 Å². The number of para-hydroxylation sites is 3. The SMILES string of the molecule is CC[C@@H](Oc1ccccc1OC)C(=O)N1CCc2ccccc21. The van der Waals surface area contributed by atoms with Crippen LogP contribution in [0, 0.1) is 0 Å². The Morgan fingerprint density at radius 1 is 1.13 bits per heavy atom. The van der Waals surface area contributed by atoms with Gasteiger partial charge in [0.05, 0.1) is 7.11 Å². The van der Waals surface area contributed by atoms with Crippen LogP contribution in [0.2, 0.25) is 0 Å². The number of fused-ring (bicyclic) bond motifs is 1. The van der Waals surface area contributed by atoms with E-state index in [0.717, 1.165) is 12.1 Å². The van der Waals surface area contributed by atoms with E-state index in [0.29, 0.717) is 24.5 Å². The number of hydrogen-bond acceptors (Lipinski definition) is 3. The standard InChI is InChI=1S/C19H21NO3/c1-3-16(23-18-11-7-6-10-17(18)22-2)19(21)20-13-12-14-8-4-5-9-15(14)20/h4-11,16H,3,12-13H2,1-2H3/t16-/m1/s1. The molecule has 0 aromatic heterocycles. The summed E-state index contributed by atoms with van der Waals surface area (Å²) >= 11 is 0. The van der Waals surface area contributed by atoms with Crippen LogP contribution >= 0.6 is 0 Å². The molecule has 0 saturated heterocycles. The lowest BCUT2D eigenvalue weighted by Crippen LogP contribution is -2.41. The number of carbonyl (C=O) groups excluding carboxylic acids is 1. The molecule has 120 valence electrons. The Labute approximate surface area is 136 Å². The average molecular weight is 311 g/mol. The van der Waals surface area contributed by atoms with E-state index in [1.54, 1.807) is 7.11 Å². The zero-order chi connectivity index (χ0) is 16.2. The van der Waals surface area contributed by atoms with E-state index in [2.05, 4.69) is 6.07 Å². The first-order valence-electron chi connectivity index (χ1n) is 7.93. The summed E-state index contributed by atoms with van der Waals surface area (Å²) < 4.78 is 11.3. The molecule has 2 aromatic carbocycles. The molecule has 1 aliphatic heterocycles. The Morgan fingerprint density at radius 3 is 2.57 bits per heavy atom. The van der Waals surface area contributed by atoms with Crippen LogP contribution in [0.4, 0.5) is 5.69 Å². The summed E-state index contributed by atoms with van der Waals surface area (Å²) in [5.41, 5.74) is 2.22. The highest BCUT2D eigenvalue weighted by Crippen LogP contribution is 2.31. The number of ether oxygens (including phenoxy) is 2. The minimum absolute atomic E-state index is 0.00311. The minimum Gasteiger partial charge on any atom is -0.493 e. The van der Waals surface area contributed by atoms with E-state index >= 15 is 0 Å². The number of rotatable bonds is 5. The topological polar surface area (TPSA) is 38.8 Å². The largest absolute Gasteiger partial charge is 0.493 e. The molecule has 0 N–H and O–H groups in total. The van der Waals surface area contributed by atoms with Crippen LogP contribution < -0.4 is 14.4 Å². The Kier molecular flexibility index (Phi) is 4.51. The second-order valence-corrected chi connectivity index (χ2v) is 5.53. The molecule has 0 radical (unpaired) electrons. The quantitative estimate of drug-likeness (QED) is 0.849. The van der Waals surface area contributed by atoms with Crippen molar-refractivity contribution in [3.05, 3.63) is 54.1 Å². The minimum atomic E-state index is -0.516. The summed E-state index contributed by atoms with van der Waals surface area (Å²) in [5.74, 6) is 1.24. The third-order valence-electron chi connectivity index (χ3n) is 4.14. The molecule has 0 spiro atoms. The van der Waals surface area contributed by atoms with Gasteiger partial charge in [0.2, 0.25) is 0 Å². The fraction of sp³-hybridized carbons (Fsp3) is 0.316. The summed E-state index contributed by atoms with van der Waals surface area (Å²) in [4.78, 5) is 14.7. The number of anilines is 1. The second-order valence-electron chi connectivity index (χ2n) is 5.53. The Morgan fingerprint density at radius 2 is 1.83 bits per heavy atom. The van der Waals surface area contributed by atoms with Crippen molar-refractivity contribution in [2.75, 3.05) is 18.6 Å². The molecule has 4 nitrogen and oxygen atoms in total. The molecule has 0 saturated carbocycles. The van der Waals surface area contributed by atoms with Crippen molar-refractivity contribution in [1.82, 2.24) is 0 Å². The van der Waals surface area contributed by atoms with Gasteiger partial charge >= 0.3 is 0 Å². The van der Waals surface area contributed by atoms with Crippen LogP contribution in [0.15, 0.2) is 48.5 Å². The molecule has 4 heteroatoms. The first kappa shape index (κ1) is 15.4. The van der Waals surface area contributed by atoms with Gasteiger partial charge in [-0.2, -0.15) is 0 Å². The number of methoxy groups -OCH3 is 1. The molecular weight excluding hydrogens is 290 g/mol. The Hall–Kier alpha value is -2.49. The highest BCUT2D eigenvalue weighted by Gasteiger charge is 2.30. The third-order valence-corrected chi connectivity index (χ3v) is 4.14. The van der Waals surface area contributed by atoms with Crippen LogP contribution in [-0.2, 0) is 11.2 Å². The lowest BCUT2D eigenvalue weighted by atomic mass is 10.2. The number of carbonyl (C=O) groups is 1. The van der Waals surface area contributed by atoms with Crippen LogP contribution in [0.25, 0.3) is 0 Å². The number of amides is 1. The third kappa shape index (κ3) is 3.02. The van der Waals surface area contributed by atoms with Gasteiger partial charge in [0, 0.05) is 12.2 Å². The van der Waals surface area contributed by atoms with Crippen molar-refractivity contribution in [2.45, 2.75) is 25.9 Å². The zero-order valence-corrected chi connectivity index (χ0v) is 13.5. The van der Waals surface area contributed by atoms with Crippen LogP contribution in [0.1, 0.15) is 18.9 Å². The summed E-state index contributed by atoms with van der Waals surface area (Å²) in [7, 11) is 1.60. The van der Waals surface area contributed by atoms with Crippen molar-refractivity contribution in [1.29, 1.82) is 0 Å². The molecule has 23 heavy (non-hydrogen) atoms. The number of hydrogen-bond donors (Lipinski definition) is 0. The van der Waals surface area contributed by atoms with Gasteiger partial charge in [-0.3, -0.25) is 4.79 Å². The van der Waals surface area contributed by atoms with E-state index in [-0.39, 0.29) is 5.91 Å². The van der Waals surface area contributed by atoms with E-state index in [1.165, 1.54) is 5.56 Å². The number of benzene rings is 2. The maximum atomic E-state index is 12.9. The normalized spacial score (nSPS) is 14.3. The molecule has 0 aliphatic carbocycles. The molecular formula is C19H21NO3. The summed E-state index contributed by atoms with van der Waals surface area (Å²) in [6, 6.07) is 15.5. The van der Waals surface area contributed by atoms with Gasteiger partial charge in [-0.15, -0.1) is 0 Å². The molecule has 0 fully saturated rings. The monoisotopic (exact) mass is 311 g/mol. The summed E-state index contributed by atoms with van der Waals surface area (Å²) in [5, 5.41) is 0. The Bertz CT molecular complexity index is 699. The predicted molar refractivity (Wildman–Crippen MR) is 90.2 cm³/mol. The van der Waals surface area contributed by atoms with Gasteiger partial charge in [-0.05, 0) is 36.6 Å². The molecule has 3 rings (SSSR count). The highest BCUT2D eigenvalue weighted by molar-refractivity contribution is 5.98. The van der Waals surface area contributed by atoms with Gasteiger partial charge in [0.1, 0.15) is 0 Å². The molecule has 0 unspecified atom stereocenters. The fourth-order valence-corrected chi connectivity index (χ4v) is 2.92. The van der Waals surface area contributed by atoms with E-state index in [9.17, 15) is 4.79 Å².